The van der Waals surface area contributed by atoms with E-state index < -0.39 is 0 Å². The SMILES string of the molecule is Cc1ccc2c(c1)C1c3ccccc3C(=O)N1CCS2. The van der Waals surface area contributed by atoms with Gasteiger partial charge >= 0.3 is 0 Å². The molecule has 0 saturated heterocycles. The van der Waals surface area contributed by atoms with Crippen molar-refractivity contribution in [3.8, 4) is 0 Å². The van der Waals surface area contributed by atoms with E-state index in [-0.39, 0.29) is 11.9 Å². The van der Waals surface area contributed by atoms with Gasteiger partial charge in [-0.2, -0.15) is 0 Å². The van der Waals surface area contributed by atoms with Gasteiger partial charge in [-0.1, -0.05) is 35.9 Å². The first-order valence-electron chi connectivity index (χ1n) is 6.89. The Bertz CT molecular complexity index is 710. The lowest BCUT2D eigenvalue weighted by Crippen LogP contribution is -2.29. The van der Waals surface area contributed by atoms with E-state index in [1.54, 1.807) is 0 Å². The maximum atomic E-state index is 12.6. The molecule has 0 fully saturated rings. The van der Waals surface area contributed by atoms with E-state index in [1.807, 2.05) is 34.9 Å². The van der Waals surface area contributed by atoms with Crippen molar-refractivity contribution < 1.29 is 4.79 Å². The van der Waals surface area contributed by atoms with Crippen LogP contribution < -0.4 is 0 Å². The summed E-state index contributed by atoms with van der Waals surface area (Å²) in [6.45, 7) is 2.93. The lowest BCUT2D eigenvalue weighted by molar-refractivity contribution is 0.0761. The highest BCUT2D eigenvalue weighted by molar-refractivity contribution is 7.99. The molecule has 2 heterocycles. The van der Waals surface area contributed by atoms with Crippen LogP contribution in [0.1, 0.15) is 33.1 Å². The molecule has 2 aliphatic rings. The van der Waals surface area contributed by atoms with E-state index in [4.69, 9.17) is 0 Å². The van der Waals surface area contributed by atoms with Gasteiger partial charge in [0.15, 0.2) is 0 Å². The number of carbonyl (C=O) groups excluding carboxylic acids is 1. The van der Waals surface area contributed by atoms with Gasteiger partial charge in [0.1, 0.15) is 0 Å². The van der Waals surface area contributed by atoms with Gasteiger partial charge in [0, 0.05) is 22.8 Å². The lowest BCUT2D eigenvalue weighted by atomic mass is 9.96. The third-order valence-electron chi connectivity index (χ3n) is 4.11. The van der Waals surface area contributed by atoms with Crippen LogP contribution in [0.2, 0.25) is 0 Å². The van der Waals surface area contributed by atoms with Gasteiger partial charge in [-0.15, -0.1) is 11.8 Å². The summed E-state index contributed by atoms with van der Waals surface area (Å²) in [4.78, 5) is 15.9. The van der Waals surface area contributed by atoms with Gasteiger partial charge in [-0.3, -0.25) is 4.79 Å². The molecule has 3 heteroatoms. The molecule has 2 nitrogen and oxygen atoms in total. The molecular formula is C17H15NOS. The van der Waals surface area contributed by atoms with E-state index in [2.05, 4.69) is 31.2 Å². The van der Waals surface area contributed by atoms with Crippen LogP contribution in [0.25, 0.3) is 0 Å². The Balaban J connectivity index is 1.97. The first kappa shape index (κ1) is 12.0. The van der Waals surface area contributed by atoms with Crippen LogP contribution in [0.15, 0.2) is 47.4 Å². The Morgan fingerprint density at radius 1 is 1.15 bits per heavy atom. The smallest absolute Gasteiger partial charge is 0.255 e. The van der Waals surface area contributed by atoms with Crippen molar-refractivity contribution in [3.05, 3.63) is 64.7 Å². The van der Waals surface area contributed by atoms with Crippen LogP contribution in [-0.4, -0.2) is 23.1 Å². The van der Waals surface area contributed by atoms with E-state index in [0.717, 1.165) is 23.4 Å². The maximum absolute atomic E-state index is 12.6. The van der Waals surface area contributed by atoms with Gasteiger partial charge in [0.05, 0.1) is 6.04 Å². The van der Waals surface area contributed by atoms with E-state index in [1.165, 1.54) is 16.0 Å². The molecule has 2 aromatic rings. The van der Waals surface area contributed by atoms with Crippen LogP contribution in [0.3, 0.4) is 0 Å². The zero-order chi connectivity index (χ0) is 13.7. The van der Waals surface area contributed by atoms with Crippen LogP contribution in [0.4, 0.5) is 0 Å². The van der Waals surface area contributed by atoms with Crippen molar-refractivity contribution in [1.82, 2.24) is 4.90 Å². The fraction of sp³-hybridized carbons (Fsp3) is 0.235. The van der Waals surface area contributed by atoms with Gasteiger partial charge in [-0.25, -0.2) is 0 Å². The second-order valence-electron chi connectivity index (χ2n) is 5.38. The van der Waals surface area contributed by atoms with Gasteiger partial charge in [0.25, 0.3) is 5.91 Å². The summed E-state index contributed by atoms with van der Waals surface area (Å²) < 4.78 is 0. The third kappa shape index (κ3) is 1.63. The van der Waals surface area contributed by atoms with Crippen molar-refractivity contribution >= 4 is 17.7 Å². The maximum Gasteiger partial charge on any atom is 0.255 e. The summed E-state index contributed by atoms with van der Waals surface area (Å²) in [5.74, 6) is 1.15. The molecule has 4 rings (SSSR count). The predicted molar refractivity (Wildman–Crippen MR) is 81.2 cm³/mol. The van der Waals surface area contributed by atoms with Crippen molar-refractivity contribution in [2.24, 2.45) is 0 Å². The third-order valence-corrected chi connectivity index (χ3v) is 5.18. The Labute approximate surface area is 122 Å². The van der Waals surface area contributed by atoms with Crippen molar-refractivity contribution in [1.29, 1.82) is 0 Å². The van der Waals surface area contributed by atoms with Gasteiger partial charge in [-0.05, 0) is 30.2 Å². The molecule has 0 radical (unpaired) electrons. The van der Waals surface area contributed by atoms with Crippen LogP contribution in [0, 0.1) is 6.92 Å². The molecule has 1 unspecified atom stereocenters. The predicted octanol–water partition coefficient (Wildman–Crippen LogP) is 3.65. The number of hydrogen-bond acceptors (Lipinski definition) is 2. The molecule has 100 valence electrons. The molecule has 0 spiro atoms. The number of fused-ring (bicyclic) bond motifs is 5. The summed E-state index contributed by atoms with van der Waals surface area (Å²) in [7, 11) is 0. The summed E-state index contributed by atoms with van der Waals surface area (Å²) in [6, 6.07) is 14.7. The van der Waals surface area contributed by atoms with Crippen LogP contribution >= 0.6 is 11.8 Å². The molecule has 0 aliphatic carbocycles. The molecule has 1 atom stereocenters. The average Bonchev–Trinajstić information content (AvgIpc) is 2.63. The minimum Gasteiger partial charge on any atom is -0.327 e. The number of thioether (sulfide) groups is 1. The molecular weight excluding hydrogens is 266 g/mol. The number of aryl methyl sites for hydroxylation is 1. The second kappa shape index (κ2) is 4.38. The standard InChI is InChI=1S/C17H15NOS/c1-11-6-7-15-14(10-11)16-12-4-2-3-5-13(12)17(19)18(16)8-9-20-15/h2-7,10,16H,8-9H2,1H3. The number of benzene rings is 2. The number of amides is 1. The van der Waals surface area contributed by atoms with Crippen LogP contribution in [-0.2, 0) is 0 Å². The summed E-state index contributed by atoms with van der Waals surface area (Å²) in [5.41, 5.74) is 4.57. The second-order valence-corrected chi connectivity index (χ2v) is 6.51. The molecule has 0 N–H and O–H groups in total. The van der Waals surface area contributed by atoms with Crippen LogP contribution in [0.5, 0.6) is 0 Å². The van der Waals surface area contributed by atoms with Crippen molar-refractivity contribution in [2.45, 2.75) is 17.9 Å². The zero-order valence-electron chi connectivity index (χ0n) is 11.3. The first-order valence-corrected chi connectivity index (χ1v) is 7.87. The summed E-state index contributed by atoms with van der Waals surface area (Å²) in [5, 5.41) is 0. The highest BCUT2D eigenvalue weighted by Gasteiger charge is 2.39. The Kier molecular flexibility index (Phi) is 2.64. The summed E-state index contributed by atoms with van der Waals surface area (Å²) >= 11 is 1.86. The quantitative estimate of drug-likeness (QED) is 0.734. The molecule has 20 heavy (non-hydrogen) atoms. The van der Waals surface area contributed by atoms with E-state index >= 15 is 0 Å². The number of nitrogens with zero attached hydrogens (tertiary/aromatic N) is 1. The van der Waals surface area contributed by atoms with Crippen molar-refractivity contribution in [3.63, 3.8) is 0 Å². The van der Waals surface area contributed by atoms with Crippen molar-refractivity contribution in [2.75, 3.05) is 12.3 Å². The molecule has 0 aromatic heterocycles. The average molecular weight is 281 g/mol. The lowest BCUT2D eigenvalue weighted by Gasteiger charge is -2.24. The Hall–Kier alpha value is -1.74. The highest BCUT2D eigenvalue weighted by Crippen LogP contribution is 2.44. The largest absolute Gasteiger partial charge is 0.327 e. The topological polar surface area (TPSA) is 20.3 Å². The molecule has 0 bridgehead atoms. The van der Waals surface area contributed by atoms with E-state index in [9.17, 15) is 4.79 Å². The molecule has 0 saturated carbocycles. The minimum atomic E-state index is 0.101. The number of hydrogen-bond donors (Lipinski definition) is 0. The Morgan fingerprint density at radius 3 is 2.90 bits per heavy atom. The van der Waals surface area contributed by atoms with Gasteiger partial charge in [0.2, 0.25) is 0 Å². The minimum absolute atomic E-state index is 0.101. The number of rotatable bonds is 0. The fourth-order valence-corrected chi connectivity index (χ4v) is 4.21. The number of carbonyl (C=O) groups is 1. The molecule has 2 aromatic carbocycles. The highest BCUT2D eigenvalue weighted by atomic mass is 32.2. The Morgan fingerprint density at radius 2 is 2.00 bits per heavy atom. The van der Waals surface area contributed by atoms with Gasteiger partial charge < -0.3 is 4.90 Å². The first-order chi connectivity index (χ1) is 9.75. The molecule has 2 aliphatic heterocycles. The fourth-order valence-electron chi connectivity index (χ4n) is 3.20. The molecule has 1 amide bonds. The zero-order valence-corrected chi connectivity index (χ0v) is 12.1. The van der Waals surface area contributed by atoms with E-state index in [0.29, 0.717) is 0 Å². The summed E-state index contributed by atoms with van der Waals surface area (Å²) in [6.07, 6.45) is 0. The normalized spacial score (nSPS) is 20.1. The monoisotopic (exact) mass is 281 g/mol.